The van der Waals surface area contributed by atoms with Crippen LogP contribution in [0.2, 0.25) is 0 Å². The lowest BCUT2D eigenvalue weighted by molar-refractivity contribution is -0.0753. The van der Waals surface area contributed by atoms with Gasteiger partial charge in [-0.1, -0.05) is 18.2 Å². The molecule has 0 aliphatic carbocycles. The van der Waals surface area contributed by atoms with Gasteiger partial charge in [0.1, 0.15) is 5.82 Å². The number of benzene rings is 1. The van der Waals surface area contributed by atoms with Crippen LogP contribution in [0.25, 0.3) is 0 Å². The first-order valence-corrected chi connectivity index (χ1v) is 8.50. The van der Waals surface area contributed by atoms with Crippen LogP contribution < -0.4 is 0 Å². The van der Waals surface area contributed by atoms with Crippen LogP contribution >= 0.6 is 0 Å². The van der Waals surface area contributed by atoms with Gasteiger partial charge in [-0.15, -0.1) is 0 Å². The van der Waals surface area contributed by atoms with Crippen molar-refractivity contribution in [3.63, 3.8) is 0 Å². The summed E-state index contributed by atoms with van der Waals surface area (Å²) in [5.41, 5.74) is 0.789. The molecule has 0 bridgehead atoms. The van der Waals surface area contributed by atoms with Crippen LogP contribution in [0.15, 0.2) is 24.3 Å². The first-order chi connectivity index (χ1) is 10.8. The zero-order chi connectivity index (χ0) is 15.2. The molecule has 122 valence electrons. The van der Waals surface area contributed by atoms with Crippen LogP contribution in [-0.4, -0.2) is 43.4 Å². The van der Waals surface area contributed by atoms with E-state index < -0.39 is 0 Å². The maximum Gasteiger partial charge on any atom is 0.127 e. The molecule has 4 heteroatoms. The molecule has 3 rings (SSSR count). The number of halogens is 1. The quantitative estimate of drug-likeness (QED) is 0.832. The van der Waals surface area contributed by atoms with E-state index >= 15 is 0 Å². The maximum absolute atomic E-state index is 13.7. The Bertz CT molecular complexity index is 454. The van der Waals surface area contributed by atoms with Crippen LogP contribution in [-0.2, 0) is 16.0 Å². The minimum atomic E-state index is -0.102. The molecule has 2 heterocycles. The highest BCUT2D eigenvalue weighted by Crippen LogP contribution is 2.19. The summed E-state index contributed by atoms with van der Waals surface area (Å²) >= 11 is 0. The Hall–Kier alpha value is -0.970. The lowest BCUT2D eigenvalue weighted by atomic mass is 10.1. The third-order valence-corrected chi connectivity index (χ3v) is 4.68. The van der Waals surface area contributed by atoms with Gasteiger partial charge in [0.25, 0.3) is 0 Å². The Kier molecular flexibility index (Phi) is 5.82. The van der Waals surface area contributed by atoms with E-state index in [1.54, 1.807) is 6.07 Å². The van der Waals surface area contributed by atoms with Crippen molar-refractivity contribution in [3.05, 3.63) is 35.6 Å². The van der Waals surface area contributed by atoms with Crippen LogP contribution in [0.4, 0.5) is 4.39 Å². The molecule has 2 saturated heterocycles. The highest BCUT2D eigenvalue weighted by Gasteiger charge is 2.22. The van der Waals surface area contributed by atoms with Crippen LogP contribution in [0.3, 0.4) is 0 Å². The molecular formula is C18H26FNO2. The van der Waals surface area contributed by atoms with E-state index in [1.165, 1.54) is 18.9 Å². The van der Waals surface area contributed by atoms with Crippen molar-refractivity contribution in [1.82, 2.24) is 4.90 Å². The van der Waals surface area contributed by atoms with Gasteiger partial charge in [-0.3, -0.25) is 4.90 Å². The fraction of sp³-hybridized carbons (Fsp3) is 0.667. The molecule has 0 N–H and O–H groups in total. The fourth-order valence-electron chi connectivity index (χ4n) is 3.28. The summed E-state index contributed by atoms with van der Waals surface area (Å²) in [6.45, 7) is 4.27. The average Bonchev–Trinajstić information content (AvgIpc) is 2.57. The maximum atomic E-state index is 13.7. The number of hydrogen-bond acceptors (Lipinski definition) is 3. The minimum absolute atomic E-state index is 0.102. The molecule has 2 aliphatic rings. The third kappa shape index (κ3) is 4.51. The first-order valence-electron chi connectivity index (χ1n) is 8.50. The molecule has 0 amide bonds. The summed E-state index contributed by atoms with van der Waals surface area (Å²) in [6, 6.07) is 7.05. The number of ether oxygens (including phenoxy) is 2. The highest BCUT2D eigenvalue weighted by molar-refractivity contribution is 5.17. The molecule has 22 heavy (non-hydrogen) atoms. The van der Waals surface area contributed by atoms with Gasteiger partial charge in [0, 0.05) is 31.8 Å². The smallest absolute Gasteiger partial charge is 0.127 e. The molecule has 0 unspecified atom stereocenters. The van der Waals surface area contributed by atoms with Crippen molar-refractivity contribution in [2.24, 2.45) is 0 Å². The third-order valence-electron chi connectivity index (χ3n) is 4.68. The monoisotopic (exact) mass is 307 g/mol. The minimum Gasteiger partial charge on any atom is -0.376 e. The summed E-state index contributed by atoms with van der Waals surface area (Å²) in [5, 5.41) is 0. The molecular weight excluding hydrogens is 281 g/mol. The molecule has 0 spiro atoms. The van der Waals surface area contributed by atoms with E-state index in [9.17, 15) is 4.39 Å². The molecule has 2 aliphatic heterocycles. The Labute approximate surface area is 132 Å². The van der Waals surface area contributed by atoms with Crippen LogP contribution in [0.5, 0.6) is 0 Å². The van der Waals surface area contributed by atoms with E-state index in [-0.39, 0.29) is 5.82 Å². The summed E-state index contributed by atoms with van der Waals surface area (Å²) in [5.74, 6) is -0.102. The normalized spacial score (nSPS) is 24.5. The number of likely N-dealkylation sites (tertiary alicyclic amines) is 1. The van der Waals surface area contributed by atoms with Gasteiger partial charge >= 0.3 is 0 Å². The molecule has 3 nitrogen and oxygen atoms in total. The van der Waals surface area contributed by atoms with Gasteiger partial charge in [-0.2, -0.15) is 0 Å². The zero-order valence-electron chi connectivity index (χ0n) is 13.2. The predicted octanol–water partition coefficient (Wildman–Crippen LogP) is 3.38. The first kappa shape index (κ1) is 15.9. The molecule has 1 aromatic rings. The topological polar surface area (TPSA) is 21.7 Å². The highest BCUT2D eigenvalue weighted by atomic mass is 19.1. The largest absolute Gasteiger partial charge is 0.376 e. The summed E-state index contributed by atoms with van der Waals surface area (Å²) < 4.78 is 25.4. The second-order valence-corrected chi connectivity index (χ2v) is 6.39. The van der Waals surface area contributed by atoms with Gasteiger partial charge in [0.2, 0.25) is 0 Å². The Morgan fingerprint density at radius 3 is 2.68 bits per heavy atom. The van der Waals surface area contributed by atoms with E-state index in [2.05, 4.69) is 4.90 Å². The van der Waals surface area contributed by atoms with Crippen LogP contribution in [0, 0.1) is 5.82 Å². The SMILES string of the molecule is Fc1ccccc1CN1CCC(OC[C@H]2CCCCO2)CC1. The fourth-order valence-corrected chi connectivity index (χ4v) is 3.28. The molecule has 0 aromatic heterocycles. The lowest BCUT2D eigenvalue weighted by Crippen LogP contribution is -2.38. The number of nitrogens with zero attached hydrogens (tertiary/aromatic N) is 1. The van der Waals surface area contributed by atoms with E-state index in [0.717, 1.165) is 51.1 Å². The standard InChI is InChI=1S/C18H26FNO2/c19-18-7-2-1-5-15(18)13-20-10-8-16(9-11-20)22-14-17-6-3-4-12-21-17/h1-2,5,7,16-17H,3-4,6,8-14H2/t17-/m1/s1. The number of hydrogen-bond donors (Lipinski definition) is 0. The van der Waals surface area contributed by atoms with E-state index in [4.69, 9.17) is 9.47 Å². The van der Waals surface area contributed by atoms with Crippen molar-refractivity contribution in [2.45, 2.75) is 50.9 Å². The Morgan fingerprint density at radius 2 is 1.95 bits per heavy atom. The van der Waals surface area contributed by atoms with Crippen molar-refractivity contribution in [1.29, 1.82) is 0 Å². The Morgan fingerprint density at radius 1 is 1.14 bits per heavy atom. The second-order valence-electron chi connectivity index (χ2n) is 6.39. The van der Waals surface area contributed by atoms with Crippen molar-refractivity contribution in [3.8, 4) is 0 Å². The molecule has 1 atom stereocenters. The van der Waals surface area contributed by atoms with Crippen LogP contribution in [0.1, 0.15) is 37.7 Å². The van der Waals surface area contributed by atoms with Crippen molar-refractivity contribution in [2.75, 3.05) is 26.3 Å². The van der Waals surface area contributed by atoms with Gasteiger partial charge in [0.05, 0.1) is 18.8 Å². The predicted molar refractivity (Wildman–Crippen MR) is 84.2 cm³/mol. The Balaban J connectivity index is 1.38. The average molecular weight is 307 g/mol. The second kappa shape index (κ2) is 8.04. The molecule has 0 radical (unpaired) electrons. The number of rotatable bonds is 5. The molecule has 2 fully saturated rings. The summed E-state index contributed by atoms with van der Waals surface area (Å²) in [6.07, 6.45) is 6.27. The summed E-state index contributed by atoms with van der Waals surface area (Å²) in [4.78, 5) is 2.31. The van der Waals surface area contributed by atoms with Gasteiger partial charge < -0.3 is 9.47 Å². The lowest BCUT2D eigenvalue weighted by Gasteiger charge is -2.33. The van der Waals surface area contributed by atoms with Gasteiger partial charge in [0.15, 0.2) is 0 Å². The van der Waals surface area contributed by atoms with E-state index in [1.807, 2.05) is 12.1 Å². The van der Waals surface area contributed by atoms with Gasteiger partial charge in [-0.05, 0) is 38.2 Å². The van der Waals surface area contributed by atoms with Crippen molar-refractivity contribution >= 4 is 0 Å². The summed E-state index contributed by atoms with van der Waals surface area (Å²) in [7, 11) is 0. The van der Waals surface area contributed by atoms with E-state index in [0.29, 0.717) is 18.8 Å². The molecule has 1 aromatic carbocycles. The molecule has 0 saturated carbocycles. The number of piperidine rings is 1. The van der Waals surface area contributed by atoms with Crippen molar-refractivity contribution < 1.29 is 13.9 Å². The zero-order valence-corrected chi connectivity index (χ0v) is 13.2. The van der Waals surface area contributed by atoms with Gasteiger partial charge in [-0.25, -0.2) is 4.39 Å².